The molecule has 0 spiro atoms. The second kappa shape index (κ2) is 5.69. The van der Waals surface area contributed by atoms with Crippen molar-refractivity contribution in [1.82, 2.24) is 5.32 Å². The van der Waals surface area contributed by atoms with Crippen molar-refractivity contribution in [3.8, 4) is 0 Å². The van der Waals surface area contributed by atoms with Crippen molar-refractivity contribution in [3.05, 3.63) is 48.2 Å². The van der Waals surface area contributed by atoms with Crippen LogP contribution < -0.4 is 5.32 Å². The fraction of sp³-hybridized carbons (Fsp3) is 0.333. The molecule has 0 amide bonds. The van der Waals surface area contributed by atoms with Gasteiger partial charge in [0.2, 0.25) is 0 Å². The fourth-order valence-corrected chi connectivity index (χ4v) is 2.03. The maximum atomic E-state index is 5.72. The lowest BCUT2D eigenvalue weighted by atomic mass is 10.1. The molecule has 0 atom stereocenters. The molecule has 2 nitrogen and oxygen atoms in total. The average molecular weight is 229 g/mol. The molecule has 0 saturated heterocycles. The van der Waals surface area contributed by atoms with E-state index in [1.165, 1.54) is 10.9 Å². The summed E-state index contributed by atoms with van der Waals surface area (Å²) in [4.78, 5) is 0. The van der Waals surface area contributed by atoms with Gasteiger partial charge in [-0.05, 0) is 32.4 Å². The predicted molar refractivity (Wildman–Crippen MR) is 72.1 cm³/mol. The van der Waals surface area contributed by atoms with Gasteiger partial charge in [-0.1, -0.05) is 24.3 Å². The molecule has 0 fully saturated rings. The molecule has 1 N–H and O–H groups in total. The minimum absolute atomic E-state index is 0.875. The Bertz CT molecular complexity index is 499. The van der Waals surface area contributed by atoms with Crippen molar-refractivity contribution in [2.75, 3.05) is 6.54 Å². The Morgan fingerprint density at radius 3 is 3.00 bits per heavy atom. The van der Waals surface area contributed by atoms with E-state index in [0.29, 0.717) is 0 Å². The van der Waals surface area contributed by atoms with Gasteiger partial charge in [-0.15, -0.1) is 6.58 Å². The molecule has 2 aromatic rings. The molecule has 0 bridgehead atoms. The second-order valence-electron chi connectivity index (χ2n) is 4.24. The summed E-state index contributed by atoms with van der Waals surface area (Å²) in [6.07, 6.45) is 4.16. The van der Waals surface area contributed by atoms with E-state index in [0.717, 1.165) is 37.3 Å². The van der Waals surface area contributed by atoms with Crippen molar-refractivity contribution < 1.29 is 4.42 Å². The maximum Gasteiger partial charge on any atom is 0.134 e. The number of nitrogens with one attached hydrogen (secondary N) is 1. The summed E-state index contributed by atoms with van der Waals surface area (Å²) in [6.45, 7) is 7.64. The predicted octanol–water partition coefficient (Wildman–Crippen LogP) is 3.80. The third-order valence-electron chi connectivity index (χ3n) is 2.96. The van der Waals surface area contributed by atoms with Gasteiger partial charge in [0.15, 0.2) is 0 Å². The first-order valence-electron chi connectivity index (χ1n) is 6.11. The molecule has 2 heteroatoms. The molecule has 0 radical (unpaired) electrons. The Morgan fingerprint density at radius 2 is 2.18 bits per heavy atom. The van der Waals surface area contributed by atoms with Gasteiger partial charge in [-0.25, -0.2) is 0 Å². The zero-order valence-corrected chi connectivity index (χ0v) is 10.3. The number of unbranched alkanes of at least 4 members (excludes halogenated alkanes) is 1. The minimum atomic E-state index is 0.875. The van der Waals surface area contributed by atoms with Crippen LogP contribution in [-0.4, -0.2) is 6.54 Å². The smallest absolute Gasteiger partial charge is 0.134 e. The van der Waals surface area contributed by atoms with Gasteiger partial charge in [0.05, 0.1) is 0 Å². The minimum Gasteiger partial charge on any atom is -0.461 e. The molecule has 0 aliphatic rings. The first kappa shape index (κ1) is 11.9. The fourth-order valence-electron chi connectivity index (χ4n) is 2.03. The Balaban J connectivity index is 2.02. The SMILES string of the molecule is C=CCCCNCc1c(C)oc2ccccc12. The number of rotatable bonds is 6. The van der Waals surface area contributed by atoms with Crippen LogP contribution in [0.5, 0.6) is 0 Å². The van der Waals surface area contributed by atoms with Gasteiger partial charge in [0, 0.05) is 17.5 Å². The normalized spacial score (nSPS) is 10.9. The highest BCUT2D eigenvalue weighted by Crippen LogP contribution is 2.24. The van der Waals surface area contributed by atoms with E-state index in [1.807, 2.05) is 25.1 Å². The van der Waals surface area contributed by atoms with E-state index in [-0.39, 0.29) is 0 Å². The Kier molecular flexibility index (Phi) is 3.99. The largest absolute Gasteiger partial charge is 0.461 e. The van der Waals surface area contributed by atoms with Crippen molar-refractivity contribution in [2.24, 2.45) is 0 Å². The summed E-state index contributed by atoms with van der Waals surface area (Å²) in [6, 6.07) is 8.20. The van der Waals surface area contributed by atoms with E-state index >= 15 is 0 Å². The first-order chi connectivity index (χ1) is 8.33. The van der Waals surface area contributed by atoms with Crippen LogP contribution in [0.2, 0.25) is 0 Å². The van der Waals surface area contributed by atoms with Crippen molar-refractivity contribution in [2.45, 2.75) is 26.3 Å². The van der Waals surface area contributed by atoms with Crippen LogP contribution in [-0.2, 0) is 6.54 Å². The van der Waals surface area contributed by atoms with Crippen molar-refractivity contribution >= 4 is 11.0 Å². The molecule has 0 aliphatic carbocycles. The van der Waals surface area contributed by atoms with Crippen LogP contribution in [0.25, 0.3) is 11.0 Å². The number of fused-ring (bicyclic) bond motifs is 1. The Labute approximate surface area is 102 Å². The molecule has 0 saturated carbocycles. The highest BCUT2D eigenvalue weighted by Gasteiger charge is 2.08. The van der Waals surface area contributed by atoms with Gasteiger partial charge >= 0.3 is 0 Å². The zero-order chi connectivity index (χ0) is 12.1. The summed E-state index contributed by atoms with van der Waals surface area (Å²) in [5.41, 5.74) is 2.26. The summed E-state index contributed by atoms with van der Waals surface area (Å²) in [7, 11) is 0. The average Bonchev–Trinajstić information content (AvgIpc) is 2.65. The lowest BCUT2D eigenvalue weighted by Gasteiger charge is -2.03. The van der Waals surface area contributed by atoms with Crippen LogP contribution in [0.4, 0.5) is 0 Å². The topological polar surface area (TPSA) is 25.2 Å². The Hall–Kier alpha value is -1.54. The Morgan fingerprint density at radius 1 is 1.35 bits per heavy atom. The molecule has 1 aromatic heterocycles. The number of benzene rings is 1. The third-order valence-corrected chi connectivity index (χ3v) is 2.96. The zero-order valence-electron chi connectivity index (χ0n) is 10.3. The van der Waals surface area contributed by atoms with Gasteiger partial charge in [0.1, 0.15) is 11.3 Å². The lowest BCUT2D eigenvalue weighted by molar-refractivity contribution is 0.563. The molecular formula is C15H19NO. The molecule has 1 aromatic carbocycles. The molecule has 0 unspecified atom stereocenters. The summed E-state index contributed by atoms with van der Waals surface area (Å²) >= 11 is 0. The van der Waals surface area contributed by atoms with E-state index in [9.17, 15) is 0 Å². The molecule has 2 rings (SSSR count). The van der Waals surface area contributed by atoms with E-state index < -0.39 is 0 Å². The summed E-state index contributed by atoms with van der Waals surface area (Å²) in [5.74, 6) is 1.02. The molecular weight excluding hydrogens is 210 g/mol. The van der Waals surface area contributed by atoms with Crippen molar-refractivity contribution in [3.63, 3.8) is 0 Å². The van der Waals surface area contributed by atoms with E-state index in [2.05, 4.69) is 24.0 Å². The number of aryl methyl sites for hydroxylation is 1. The van der Waals surface area contributed by atoms with Crippen LogP contribution in [0.3, 0.4) is 0 Å². The standard InChI is InChI=1S/C15H19NO/c1-3-4-7-10-16-11-14-12(2)17-15-9-6-5-8-13(14)15/h3,5-6,8-9,16H,1,4,7,10-11H2,2H3. The van der Waals surface area contributed by atoms with Crippen molar-refractivity contribution in [1.29, 1.82) is 0 Å². The second-order valence-corrected chi connectivity index (χ2v) is 4.24. The van der Waals surface area contributed by atoms with E-state index in [4.69, 9.17) is 4.42 Å². The molecule has 17 heavy (non-hydrogen) atoms. The lowest BCUT2D eigenvalue weighted by Crippen LogP contribution is -2.14. The van der Waals surface area contributed by atoms with Gasteiger partial charge < -0.3 is 9.73 Å². The number of furan rings is 1. The third kappa shape index (κ3) is 2.77. The van der Waals surface area contributed by atoms with Gasteiger partial charge in [-0.2, -0.15) is 0 Å². The number of hydrogen-bond donors (Lipinski definition) is 1. The maximum absolute atomic E-state index is 5.72. The first-order valence-corrected chi connectivity index (χ1v) is 6.11. The summed E-state index contributed by atoms with van der Waals surface area (Å²) in [5, 5.41) is 4.67. The summed E-state index contributed by atoms with van der Waals surface area (Å²) < 4.78 is 5.72. The van der Waals surface area contributed by atoms with Gasteiger partial charge in [-0.3, -0.25) is 0 Å². The van der Waals surface area contributed by atoms with Crippen LogP contribution >= 0.6 is 0 Å². The van der Waals surface area contributed by atoms with E-state index in [1.54, 1.807) is 0 Å². The molecule has 90 valence electrons. The number of allylic oxidation sites excluding steroid dienone is 1. The molecule has 1 heterocycles. The van der Waals surface area contributed by atoms with Crippen LogP contribution in [0, 0.1) is 6.92 Å². The quantitative estimate of drug-likeness (QED) is 0.602. The highest BCUT2D eigenvalue weighted by atomic mass is 16.3. The van der Waals surface area contributed by atoms with Crippen LogP contribution in [0.1, 0.15) is 24.2 Å². The molecule has 0 aliphatic heterocycles. The number of hydrogen-bond acceptors (Lipinski definition) is 2. The van der Waals surface area contributed by atoms with Crippen LogP contribution in [0.15, 0.2) is 41.3 Å². The highest BCUT2D eigenvalue weighted by molar-refractivity contribution is 5.82. The van der Waals surface area contributed by atoms with Gasteiger partial charge in [0.25, 0.3) is 0 Å². The number of para-hydroxylation sites is 1. The monoisotopic (exact) mass is 229 g/mol.